The Kier molecular flexibility index (Phi) is 19.8. The number of unbranched alkanes of at least 4 members (excludes halogenated alkanes) is 9. The summed E-state index contributed by atoms with van der Waals surface area (Å²) in [4.78, 5) is 9.24. The van der Waals surface area contributed by atoms with Crippen molar-refractivity contribution in [3.05, 3.63) is 0 Å². The van der Waals surface area contributed by atoms with E-state index in [4.69, 9.17) is 16.6 Å². The third kappa shape index (κ3) is 22.6. The molecule has 0 aliphatic rings. The van der Waals surface area contributed by atoms with Crippen LogP contribution < -0.4 is 17.2 Å². The number of nitrogens with two attached hydrogens (primary N) is 3. The molecule has 0 saturated carbocycles. The van der Waals surface area contributed by atoms with Crippen molar-refractivity contribution < 1.29 is 9.90 Å². The van der Waals surface area contributed by atoms with E-state index in [1.54, 1.807) is 0 Å². The van der Waals surface area contributed by atoms with Gasteiger partial charge in [0, 0.05) is 0 Å². The molecule has 0 aliphatic heterocycles. The fourth-order valence-corrected chi connectivity index (χ4v) is 2.47. The molecular weight excluding hydrogens is 289 g/mol. The van der Waals surface area contributed by atoms with Gasteiger partial charge in [-0.1, -0.05) is 13.3 Å². The maximum absolute atomic E-state index is 9.24. The van der Waals surface area contributed by atoms with E-state index in [9.17, 15) is 4.79 Å². The first-order valence-corrected chi connectivity index (χ1v) is 10.3. The van der Waals surface area contributed by atoms with Gasteiger partial charge in [-0.05, 0) is 0 Å². The molecule has 5 nitrogen and oxygen atoms in total. The van der Waals surface area contributed by atoms with E-state index in [0.29, 0.717) is 0 Å². The van der Waals surface area contributed by atoms with Crippen molar-refractivity contribution in [1.29, 1.82) is 0 Å². The second-order valence-corrected chi connectivity index (χ2v) is 6.82. The summed E-state index contributed by atoms with van der Waals surface area (Å²) >= 11 is 1.12. The monoisotopic (exact) mass is 325 g/mol. The van der Waals surface area contributed by atoms with Gasteiger partial charge in [-0.2, -0.15) is 0 Å². The Morgan fingerprint density at radius 1 is 0.955 bits per heavy atom. The summed E-state index contributed by atoms with van der Waals surface area (Å²) in [5, 5.41) is 7.60. The Balaban J connectivity index is 0. The number of rotatable bonds is 13. The van der Waals surface area contributed by atoms with Crippen molar-refractivity contribution in [3.8, 4) is 0 Å². The van der Waals surface area contributed by atoms with Gasteiger partial charge in [0.25, 0.3) is 0 Å². The van der Waals surface area contributed by atoms with Crippen LogP contribution in [0.3, 0.4) is 0 Å². The normalized spacial score (nSPS) is 11.0. The predicted molar refractivity (Wildman–Crippen MR) is 94.8 cm³/mol. The van der Waals surface area contributed by atoms with Crippen LogP contribution in [0.4, 0.5) is 0 Å². The minimum absolute atomic E-state index is 0.278. The van der Waals surface area contributed by atoms with Crippen molar-refractivity contribution in [1.82, 2.24) is 0 Å². The summed E-state index contributed by atoms with van der Waals surface area (Å²) in [6, 6.07) is 0. The summed E-state index contributed by atoms with van der Waals surface area (Å²) in [6.07, 6.45) is 14.8. The van der Waals surface area contributed by atoms with Crippen LogP contribution in [0.2, 0.25) is 3.67 Å². The van der Waals surface area contributed by atoms with E-state index in [1.807, 2.05) is 0 Å². The van der Waals surface area contributed by atoms with E-state index in [0.717, 1.165) is 38.0 Å². The molecule has 0 unspecified atom stereocenters. The Labute approximate surface area is 154 Å². The van der Waals surface area contributed by atoms with Crippen LogP contribution in [-0.4, -0.2) is 51.2 Å². The molecule has 0 atom stereocenters. The molecule has 0 aromatic carbocycles. The average molecular weight is 325 g/mol. The van der Waals surface area contributed by atoms with Crippen LogP contribution in [0.25, 0.3) is 0 Å². The second kappa shape index (κ2) is 17.7. The van der Waals surface area contributed by atoms with Gasteiger partial charge < -0.3 is 10.8 Å². The Hall–Kier alpha value is 0.350. The molecule has 0 rings (SSSR count). The van der Waals surface area contributed by atoms with E-state index in [-0.39, 0.29) is 12.2 Å². The number of aliphatic carboxylic acids is 1. The van der Waals surface area contributed by atoms with E-state index in [2.05, 4.69) is 12.7 Å². The third-order valence-corrected chi connectivity index (χ3v) is 5.15. The molecule has 0 radical (unpaired) electrons. The summed E-state index contributed by atoms with van der Waals surface area (Å²) in [7, 11) is 0. The number of hydrogen-bond donors (Lipinski definition) is 4. The van der Waals surface area contributed by atoms with Gasteiger partial charge in [0.2, 0.25) is 0 Å². The van der Waals surface area contributed by atoms with E-state index >= 15 is 0 Å². The SMILES string of the molecule is CCCCCCCCCCCCC(N)(N)[CH2][Na].NCC(=O)O. The summed E-state index contributed by atoms with van der Waals surface area (Å²) in [6.45, 7) is 1.99. The molecule has 0 amide bonds. The van der Waals surface area contributed by atoms with Crippen LogP contribution in [0, 0.1) is 0 Å². The van der Waals surface area contributed by atoms with E-state index in [1.165, 1.54) is 64.2 Å². The Morgan fingerprint density at radius 2 is 1.32 bits per heavy atom. The molecule has 0 saturated heterocycles. The van der Waals surface area contributed by atoms with Crippen LogP contribution in [0.15, 0.2) is 0 Å². The van der Waals surface area contributed by atoms with E-state index < -0.39 is 5.97 Å². The first-order chi connectivity index (χ1) is 10.4. The Morgan fingerprint density at radius 3 is 1.64 bits per heavy atom. The van der Waals surface area contributed by atoms with Crippen molar-refractivity contribution in [3.63, 3.8) is 0 Å². The van der Waals surface area contributed by atoms with Gasteiger partial charge in [-0.25, -0.2) is 0 Å². The van der Waals surface area contributed by atoms with Crippen molar-refractivity contribution >= 4 is 33.9 Å². The molecule has 22 heavy (non-hydrogen) atoms. The van der Waals surface area contributed by atoms with Crippen molar-refractivity contribution in [2.45, 2.75) is 86.9 Å². The zero-order valence-corrected chi connectivity index (χ0v) is 16.8. The third-order valence-electron chi connectivity index (χ3n) is 3.83. The van der Waals surface area contributed by atoms with Crippen molar-refractivity contribution in [2.24, 2.45) is 17.2 Å². The van der Waals surface area contributed by atoms with Crippen LogP contribution in [-0.2, 0) is 4.79 Å². The fourth-order valence-electron chi connectivity index (χ4n) is 2.12. The first-order valence-electron chi connectivity index (χ1n) is 8.89. The maximum Gasteiger partial charge on any atom is 0.317 e. The molecule has 0 fully saturated rings. The standard InChI is InChI=1S/C14H31N2.C2H5NO2.Na/c1-3-4-5-6-7-8-9-10-11-12-13-14(2,15)16;3-1-2(4)5;/h2-13,15-16H2,1H3;1,3H2,(H,4,5);. The molecule has 0 bridgehead atoms. The molecule has 128 valence electrons. The van der Waals surface area contributed by atoms with Gasteiger partial charge in [-0.3, -0.25) is 4.79 Å². The topological polar surface area (TPSA) is 115 Å². The zero-order valence-electron chi connectivity index (χ0n) is 14.8. The number of hydrogen-bond acceptors (Lipinski definition) is 4. The molecule has 0 aromatic rings. The van der Waals surface area contributed by atoms with Gasteiger partial charge in [0.1, 0.15) is 0 Å². The minimum atomic E-state index is -0.968. The molecular formula is C16H36N3NaO2. The smallest absolute Gasteiger partial charge is 0.317 e. The zero-order chi connectivity index (χ0) is 17.3. The average Bonchev–Trinajstić information content (AvgIpc) is 2.49. The van der Waals surface area contributed by atoms with Crippen molar-refractivity contribution in [2.75, 3.05) is 6.54 Å². The number of carboxylic acid groups (broad SMARTS) is 1. The molecule has 6 heteroatoms. The first kappa shape index (κ1) is 24.6. The minimum Gasteiger partial charge on any atom is -0.480 e. The van der Waals surface area contributed by atoms with Gasteiger partial charge >= 0.3 is 119 Å². The maximum atomic E-state index is 9.24. The second-order valence-electron chi connectivity index (χ2n) is 6.12. The summed E-state index contributed by atoms with van der Waals surface area (Å²) in [5.74, 6) is -0.968. The molecule has 7 N–H and O–H groups in total. The predicted octanol–water partition coefficient (Wildman–Crippen LogP) is 2.53. The van der Waals surface area contributed by atoms with Gasteiger partial charge in [0.05, 0.1) is 6.54 Å². The largest absolute Gasteiger partial charge is 0.480 e. The van der Waals surface area contributed by atoms with Crippen LogP contribution >= 0.6 is 0 Å². The molecule has 0 heterocycles. The quantitative estimate of drug-likeness (QED) is 0.236. The summed E-state index contributed by atoms with van der Waals surface area (Å²) < 4.78 is 1.02. The van der Waals surface area contributed by atoms with Crippen LogP contribution in [0.1, 0.15) is 77.6 Å². The fraction of sp³-hybridized carbons (Fsp3) is 0.938. The molecule has 0 aliphatic carbocycles. The number of carboxylic acids is 1. The Bertz CT molecular complexity index is 252. The van der Waals surface area contributed by atoms with Gasteiger partial charge in [0.15, 0.2) is 0 Å². The molecule has 0 aromatic heterocycles. The summed E-state index contributed by atoms with van der Waals surface area (Å²) in [5.41, 5.74) is 16.1. The number of carbonyl (C=O) groups is 1. The molecule has 0 spiro atoms. The van der Waals surface area contributed by atoms with Crippen LogP contribution in [0.5, 0.6) is 0 Å². The van der Waals surface area contributed by atoms with Gasteiger partial charge in [-0.15, -0.1) is 0 Å².